The van der Waals surface area contributed by atoms with E-state index in [2.05, 4.69) is 14.8 Å². The molecule has 120 valence electrons. The van der Waals surface area contributed by atoms with Gasteiger partial charge in [-0.05, 0) is 32.9 Å². The highest BCUT2D eigenvalue weighted by Gasteiger charge is 2.29. The van der Waals surface area contributed by atoms with Gasteiger partial charge in [0, 0.05) is 6.08 Å². The Hall–Kier alpha value is -2.57. The molecule has 0 aliphatic rings. The number of esters is 2. The first-order valence-electron chi connectivity index (χ1n) is 6.48. The van der Waals surface area contributed by atoms with Crippen molar-refractivity contribution in [3.05, 3.63) is 29.2 Å². The van der Waals surface area contributed by atoms with Crippen LogP contribution in [0.5, 0.6) is 0 Å². The third kappa shape index (κ3) is 4.21. The zero-order valence-electron chi connectivity index (χ0n) is 13.2. The fourth-order valence-corrected chi connectivity index (χ4v) is 1.71. The summed E-state index contributed by atoms with van der Waals surface area (Å²) in [5.41, 5.74) is -0.857. The normalized spacial score (nSPS) is 11.3. The molecule has 1 rings (SSSR count). The van der Waals surface area contributed by atoms with Crippen molar-refractivity contribution < 1.29 is 28.3 Å². The van der Waals surface area contributed by atoms with Gasteiger partial charge in [0.15, 0.2) is 0 Å². The first kappa shape index (κ1) is 17.5. The zero-order valence-corrected chi connectivity index (χ0v) is 13.2. The molecule has 0 atom stereocenters. The standard InChI is InChI=1S/C15H19NO6/c1-9-11(13(18)20-4)8-10(22-9)6-7-12(17)16-15(2,3)14(19)21-5/h6-8H,1-5H3,(H,16,17). The van der Waals surface area contributed by atoms with Crippen LogP contribution in [0.2, 0.25) is 0 Å². The van der Waals surface area contributed by atoms with Gasteiger partial charge in [0.25, 0.3) is 0 Å². The van der Waals surface area contributed by atoms with Crippen LogP contribution in [0.1, 0.15) is 35.7 Å². The van der Waals surface area contributed by atoms with E-state index in [0.717, 1.165) is 0 Å². The molecule has 0 aromatic carbocycles. The third-order valence-electron chi connectivity index (χ3n) is 2.87. The summed E-state index contributed by atoms with van der Waals surface area (Å²) >= 11 is 0. The Bertz CT molecular complexity index is 612. The monoisotopic (exact) mass is 309 g/mol. The number of amides is 1. The number of aryl methyl sites for hydroxylation is 1. The third-order valence-corrected chi connectivity index (χ3v) is 2.87. The lowest BCUT2D eigenvalue weighted by Crippen LogP contribution is -2.49. The van der Waals surface area contributed by atoms with Crippen molar-refractivity contribution in [2.45, 2.75) is 26.3 Å². The Kier molecular flexibility index (Phi) is 5.50. The van der Waals surface area contributed by atoms with Crippen molar-refractivity contribution >= 4 is 23.9 Å². The SMILES string of the molecule is COC(=O)c1cc(C=CC(=O)NC(C)(C)C(=O)OC)oc1C. The van der Waals surface area contributed by atoms with E-state index in [4.69, 9.17) is 4.42 Å². The molecule has 1 aromatic heterocycles. The molecule has 1 aromatic rings. The fourth-order valence-electron chi connectivity index (χ4n) is 1.71. The molecule has 0 radical (unpaired) electrons. The molecule has 1 amide bonds. The molecule has 0 bridgehead atoms. The summed E-state index contributed by atoms with van der Waals surface area (Å²) < 4.78 is 14.5. The van der Waals surface area contributed by atoms with Crippen LogP contribution in [-0.4, -0.2) is 37.6 Å². The van der Waals surface area contributed by atoms with Gasteiger partial charge in [-0.2, -0.15) is 0 Å². The summed E-state index contributed by atoms with van der Waals surface area (Å²) in [5, 5.41) is 2.50. The molecule has 0 saturated heterocycles. The summed E-state index contributed by atoms with van der Waals surface area (Å²) in [5.74, 6) is -0.858. The van der Waals surface area contributed by atoms with Gasteiger partial charge in [-0.25, -0.2) is 9.59 Å². The van der Waals surface area contributed by atoms with Crippen LogP contribution in [0.25, 0.3) is 6.08 Å². The number of methoxy groups -OCH3 is 2. The van der Waals surface area contributed by atoms with E-state index in [9.17, 15) is 14.4 Å². The maximum atomic E-state index is 11.8. The molecule has 0 aliphatic heterocycles. The number of hydrogen-bond donors (Lipinski definition) is 1. The summed E-state index contributed by atoms with van der Waals surface area (Å²) in [7, 11) is 2.51. The Balaban J connectivity index is 2.79. The number of ether oxygens (including phenoxy) is 2. The van der Waals surface area contributed by atoms with Gasteiger partial charge in [0.05, 0.1) is 14.2 Å². The van der Waals surface area contributed by atoms with Crippen molar-refractivity contribution in [2.24, 2.45) is 0 Å². The van der Waals surface area contributed by atoms with Gasteiger partial charge >= 0.3 is 11.9 Å². The minimum atomic E-state index is -1.15. The highest BCUT2D eigenvalue weighted by molar-refractivity contribution is 5.96. The van der Waals surface area contributed by atoms with Crippen LogP contribution >= 0.6 is 0 Å². The number of nitrogens with one attached hydrogen (secondary N) is 1. The van der Waals surface area contributed by atoms with Crippen LogP contribution in [0.4, 0.5) is 0 Å². The fraction of sp³-hybridized carbons (Fsp3) is 0.400. The van der Waals surface area contributed by atoms with Crippen LogP contribution in [-0.2, 0) is 19.1 Å². The Morgan fingerprint density at radius 1 is 1.23 bits per heavy atom. The van der Waals surface area contributed by atoms with Gasteiger partial charge in [-0.3, -0.25) is 4.79 Å². The molecule has 1 heterocycles. The maximum Gasteiger partial charge on any atom is 0.341 e. The number of hydrogen-bond acceptors (Lipinski definition) is 6. The Labute approximate surface area is 128 Å². The van der Waals surface area contributed by atoms with Gasteiger partial charge in [0.1, 0.15) is 22.6 Å². The summed E-state index contributed by atoms with van der Waals surface area (Å²) in [6.07, 6.45) is 2.59. The average Bonchev–Trinajstić information content (AvgIpc) is 2.84. The molecule has 1 N–H and O–H groups in total. The number of carbonyl (C=O) groups excluding carboxylic acids is 3. The minimum absolute atomic E-state index is 0.289. The lowest BCUT2D eigenvalue weighted by molar-refractivity contribution is -0.148. The van der Waals surface area contributed by atoms with Crippen molar-refractivity contribution in [1.82, 2.24) is 5.32 Å². The van der Waals surface area contributed by atoms with E-state index in [-0.39, 0.29) is 5.56 Å². The summed E-state index contributed by atoms with van der Waals surface area (Å²) in [6, 6.07) is 1.47. The van der Waals surface area contributed by atoms with E-state index in [1.807, 2.05) is 0 Å². The van der Waals surface area contributed by atoms with Crippen LogP contribution in [0.15, 0.2) is 16.6 Å². The predicted molar refractivity (Wildman–Crippen MR) is 78.1 cm³/mol. The second-order valence-corrected chi connectivity index (χ2v) is 5.05. The van der Waals surface area contributed by atoms with E-state index < -0.39 is 23.4 Å². The van der Waals surface area contributed by atoms with E-state index in [1.54, 1.807) is 6.92 Å². The predicted octanol–water partition coefficient (Wildman–Crippen LogP) is 1.46. The summed E-state index contributed by atoms with van der Waals surface area (Å²) in [6.45, 7) is 4.66. The maximum absolute atomic E-state index is 11.8. The quantitative estimate of drug-likeness (QED) is 0.653. The molecule has 0 spiro atoms. The molecule has 7 nitrogen and oxygen atoms in total. The van der Waals surface area contributed by atoms with Gasteiger partial charge in [0.2, 0.25) is 5.91 Å². The first-order valence-corrected chi connectivity index (χ1v) is 6.48. The van der Waals surface area contributed by atoms with Crippen molar-refractivity contribution in [3.8, 4) is 0 Å². The highest BCUT2D eigenvalue weighted by Crippen LogP contribution is 2.16. The number of rotatable bonds is 5. The lowest BCUT2D eigenvalue weighted by Gasteiger charge is -2.21. The smallest absolute Gasteiger partial charge is 0.341 e. The largest absolute Gasteiger partial charge is 0.467 e. The van der Waals surface area contributed by atoms with Crippen molar-refractivity contribution in [2.75, 3.05) is 14.2 Å². The number of carbonyl (C=O) groups is 3. The van der Waals surface area contributed by atoms with Crippen molar-refractivity contribution in [3.63, 3.8) is 0 Å². The Morgan fingerprint density at radius 2 is 1.86 bits per heavy atom. The van der Waals surface area contributed by atoms with E-state index >= 15 is 0 Å². The molecule has 0 fully saturated rings. The molecule has 0 aliphatic carbocycles. The van der Waals surface area contributed by atoms with Crippen LogP contribution in [0, 0.1) is 6.92 Å². The van der Waals surface area contributed by atoms with Crippen LogP contribution in [0.3, 0.4) is 0 Å². The highest BCUT2D eigenvalue weighted by atomic mass is 16.5. The molecular formula is C15H19NO6. The lowest BCUT2D eigenvalue weighted by atomic mass is 10.1. The van der Waals surface area contributed by atoms with E-state index in [0.29, 0.717) is 11.5 Å². The second-order valence-electron chi connectivity index (χ2n) is 5.05. The molecule has 22 heavy (non-hydrogen) atoms. The minimum Gasteiger partial charge on any atom is -0.467 e. The number of furan rings is 1. The first-order chi connectivity index (χ1) is 10.2. The zero-order chi connectivity index (χ0) is 16.9. The molecule has 0 unspecified atom stereocenters. The van der Waals surface area contributed by atoms with Gasteiger partial charge in [-0.15, -0.1) is 0 Å². The Morgan fingerprint density at radius 3 is 2.41 bits per heavy atom. The van der Waals surface area contributed by atoms with Gasteiger partial charge in [-0.1, -0.05) is 0 Å². The van der Waals surface area contributed by atoms with E-state index in [1.165, 1.54) is 46.3 Å². The second kappa shape index (κ2) is 6.93. The average molecular weight is 309 g/mol. The van der Waals surface area contributed by atoms with Crippen molar-refractivity contribution in [1.29, 1.82) is 0 Å². The molecule has 0 saturated carbocycles. The molecular weight excluding hydrogens is 290 g/mol. The van der Waals surface area contributed by atoms with Gasteiger partial charge < -0.3 is 19.2 Å². The molecule has 7 heteroatoms. The summed E-state index contributed by atoms with van der Waals surface area (Å²) in [4.78, 5) is 34.7. The van der Waals surface area contributed by atoms with Crippen LogP contribution < -0.4 is 5.32 Å². The topological polar surface area (TPSA) is 94.8 Å².